The van der Waals surface area contributed by atoms with Crippen LogP contribution in [0.3, 0.4) is 0 Å². The number of benzene rings is 3. The van der Waals surface area contributed by atoms with Crippen LogP contribution in [0.4, 0.5) is 0 Å². The van der Waals surface area contributed by atoms with Crippen molar-refractivity contribution in [2.45, 2.75) is 62.9 Å². The average molecular weight is 546 g/mol. The van der Waals surface area contributed by atoms with Crippen molar-refractivity contribution in [2.24, 2.45) is 5.92 Å². The molecule has 0 heterocycles. The fourth-order valence-corrected chi connectivity index (χ4v) is 6.17. The monoisotopic (exact) mass is 545 g/mol. The molecule has 3 aromatic carbocycles. The first-order chi connectivity index (χ1) is 18.9. The molecule has 8 heteroatoms. The first-order valence-electron chi connectivity index (χ1n) is 13.4. The number of hydrogen-bond acceptors (Lipinski definition) is 5. The van der Waals surface area contributed by atoms with Crippen molar-refractivity contribution in [3.63, 3.8) is 0 Å². The summed E-state index contributed by atoms with van der Waals surface area (Å²) in [6.45, 7) is 0.946. The molecule has 0 aliphatic heterocycles. The lowest BCUT2D eigenvalue weighted by Gasteiger charge is -2.26. The molecule has 4 rings (SSSR count). The van der Waals surface area contributed by atoms with Crippen LogP contribution in [0, 0.1) is 17.4 Å². The molecule has 0 radical (unpaired) electrons. The summed E-state index contributed by atoms with van der Waals surface area (Å²) in [7, 11) is -2.33. The van der Waals surface area contributed by atoms with Gasteiger partial charge in [-0.15, -0.1) is 0 Å². The third kappa shape index (κ3) is 7.61. The lowest BCUT2D eigenvalue weighted by molar-refractivity contribution is -0.132. The summed E-state index contributed by atoms with van der Waals surface area (Å²) >= 11 is 0. The molecule has 1 saturated carbocycles. The second-order valence-corrected chi connectivity index (χ2v) is 11.7. The fourth-order valence-electron chi connectivity index (χ4n) is 5.21. The van der Waals surface area contributed by atoms with Gasteiger partial charge in [0.25, 0.3) is 10.0 Å². The van der Waals surface area contributed by atoms with Gasteiger partial charge in [0.15, 0.2) is 6.19 Å². The molecule has 1 aliphatic carbocycles. The number of rotatable bonds is 11. The zero-order valence-corrected chi connectivity index (χ0v) is 23.1. The molecule has 39 heavy (non-hydrogen) atoms. The molecule has 7 nitrogen and oxygen atoms in total. The number of amides is 1. The predicted octanol–water partition coefficient (Wildman–Crippen LogP) is 6.01. The summed E-state index contributed by atoms with van der Waals surface area (Å²) in [5.41, 5.74) is 3.20. The maximum atomic E-state index is 13.4. The van der Waals surface area contributed by atoms with Gasteiger partial charge < -0.3 is 9.64 Å². The number of carbonyl (C=O) groups excluding carboxylic acids is 1. The van der Waals surface area contributed by atoms with Crippen LogP contribution >= 0.6 is 0 Å². The van der Waals surface area contributed by atoms with Gasteiger partial charge in [-0.1, -0.05) is 86.7 Å². The quantitative estimate of drug-likeness (QED) is 0.235. The minimum Gasteiger partial charge on any atom is -0.497 e. The van der Waals surface area contributed by atoms with E-state index in [1.54, 1.807) is 25.3 Å². The van der Waals surface area contributed by atoms with Crippen molar-refractivity contribution in [2.75, 3.05) is 7.11 Å². The molecule has 1 N–H and O–H groups in total. The summed E-state index contributed by atoms with van der Waals surface area (Å²) < 4.78 is 32.2. The Kier molecular flexibility index (Phi) is 9.61. The number of nitrogens with one attached hydrogen (secondary N) is 1. The van der Waals surface area contributed by atoms with Gasteiger partial charge in [0.05, 0.1) is 12.0 Å². The first kappa shape index (κ1) is 28.2. The summed E-state index contributed by atoms with van der Waals surface area (Å²) in [5, 5.41) is 8.86. The van der Waals surface area contributed by atoms with E-state index in [4.69, 9.17) is 10.00 Å². The molecule has 0 saturated heterocycles. The van der Waals surface area contributed by atoms with Gasteiger partial charge in [-0.25, -0.2) is 13.1 Å². The van der Waals surface area contributed by atoms with Crippen molar-refractivity contribution < 1.29 is 17.9 Å². The lowest BCUT2D eigenvalue weighted by atomic mass is 9.86. The minimum atomic E-state index is -3.96. The predicted molar refractivity (Wildman–Crippen MR) is 151 cm³/mol. The zero-order chi connectivity index (χ0) is 27.7. The largest absolute Gasteiger partial charge is 0.497 e. The highest BCUT2D eigenvalue weighted by Crippen LogP contribution is 2.29. The van der Waals surface area contributed by atoms with Crippen molar-refractivity contribution in [1.82, 2.24) is 9.62 Å². The summed E-state index contributed by atoms with van der Waals surface area (Å²) in [4.78, 5) is 15.4. The molecule has 1 fully saturated rings. The second kappa shape index (κ2) is 13.3. The highest BCUT2D eigenvalue weighted by atomic mass is 32.2. The van der Waals surface area contributed by atoms with E-state index in [1.807, 2.05) is 58.2 Å². The van der Waals surface area contributed by atoms with Gasteiger partial charge in [-0.2, -0.15) is 5.26 Å². The fraction of sp³-hybridized carbons (Fsp3) is 0.355. The van der Waals surface area contributed by atoms with Gasteiger partial charge in [-0.3, -0.25) is 4.79 Å². The Morgan fingerprint density at radius 1 is 0.949 bits per heavy atom. The minimum absolute atomic E-state index is 0.0401. The highest BCUT2D eigenvalue weighted by molar-refractivity contribution is 7.89. The third-order valence-electron chi connectivity index (χ3n) is 7.37. The Bertz CT molecular complexity index is 1390. The van der Waals surface area contributed by atoms with E-state index in [-0.39, 0.29) is 10.8 Å². The number of carbonyl (C=O) groups is 1. The summed E-state index contributed by atoms with van der Waals surface area (Å²) in [6, 6.07) is 21.9. The maximum absolute atomic E-state index is 13.4. The van der Waals surface area contributed by atoms with Gasteiger partial charge in [0, 0.05) is 25.1 Å². The molecule has 204 valence electrons. The van der Waals surface area contributed by atoms with E-state index < -0.39 is 10.0 Å². The maximum Gasteiger partial charge on any atom is 0.270 e. The van der Waals surface area contributed by atoms with Crippen LogP contribution in [-0.4, -0.2) is 26.3 Å². The van der Waals surface area contributed by atoms with Crippen LogP contribution in [0.2, 0.25) is 0 Å². The van der Waals surface area contributed by atoms with Crippen LogP contribution in [-0.2, 0) is 27.9 Å². The second-order valence-electron chi connectivity index (χ2n) is 10.1. The standard InChI is InChI=1S/C31H35N3O4S/c1-38-28-18-13-26(14-19-28)22-34(31(35)20-15-24-7-3-2-4-8-24)21-25-11-16-27(17-12-25)29-9-5-6-10-30(29)39(36,37)33-23-32/h5-6,9-14,16-19,24,33H,2-4,7-8,15,20-22H2,1H3. The SMILES string of the molecule is COc1ccc(CN(Cc2ccc(-c3ccccc3S(=O)(=O)NC#N)cc2)C(=O)CCC2CCCCC2)cc1. The molecule has 1 amide bonds. The average Bonchev–Trinajstić information content (AvgIpc) is 2.97. The van der Waals surface area contributed by atoms with Crippen molar-refractivity contribution in [1.29, 1.82) is 5.26 Å². The zero-order valence-electron chi connectivity index (χ0n) is 22.3. The van der Waals surface area contributed by atoms with Gasteiger partial charge >= 0.3 is 0 Å². The molecule has 0 unspecified atom stereocenters. The van der Waals surface area contributed by atoms with E-state index in [1.165, 1.54) is 44.4 Å². The Hall–Kier alpha value is -3.83. The topological polar surface area (TPSA) is 99.5 Å². The summed E-state index contributed by atoms with van der Waals surface area (Å²) in [5.74, 6) is 1.55. The molecule has 0 bridgehead atoms. The molecule has 0 atom stereocenters. The lowest BCUT2D eigenvalue weighted by Crippen LogP contribution is -2.30. The molecule has 1 aliphatic rings. The van der Waals surface area contributed by atoms with Crippen LogP contribution in [0.5, 0.6) is 5.75 Å². The van der Waals surface area contributed by atoms with E-state index in [2.05, 4.69) is 0 Å². The number of nitrogens with zero attached hydrogens (tertiary/aromatic N) is 2. The number of nitriles is 1. The van der Waals surface area contributed by atoms with E-state index in [0.29, 0.717) is 36.6 Å². The van der Waals surface area contributed by atoms with Crippen LogP contribution in [0.1, 0.15) is 56.1 Å². The molecule has 0 aromatic heterocycles. The van der Waals surface area contributed by atoms with Crippen LogP contribution < -0.4 is 9.46 Å². The normalized spacial score (nSPS) is 13.8. The molecular weight excluding hydrogens is 510 g/mol. The van der Waals surface area contributed by atoms with Crippen molar-refractivity contribution >= 4 is 15.9 Å². The number of sulfonamides is 1. The Balaban J connectivity index is 1.52. The van der Waals surface area contributed by atoms with Crippen LogP contribution in [0.25, 0.3) is 11.1 Å². The van der Waals surface area contributed by atoms with E-state index in [9.17, 15) is 13.2 Å². The Morgan fingerprint density at radius 3 is 2.18 bits per heavy atom. The van der Waals surface area contributed by atoms with Gasteiger partial charge in [0.2, 0.25) is 5.91 Å². The van der Waals surface area contributed by atoms with E-state index >= 15 is 0 Å². The smallest absolute Gasteiger partial charge is 0.270 e. The Labute approximate surface area is 231 Å². The van der Waals surface area contributed by atoms with Crippen molar-refractivity contribution in [3.05, 3.63) is 83.9 Å². The number of hydrogen-bond donors (Lipinski definition) is 1. The van der Waals surface area contributed by atoms with E-state index in [0.717, 1.165) is 23.3 Å². The van der Waals surface area contributed by atoms with Crippen molar-refractivity contribution in [3.8, 4) is 23.1 Å². The number of ether oxygens (including phenoxy) is 1. The molecule has 0 spiro atoms. The third-order valence-corrected chi connectivity index (χ3v) is 8.67. The Morgan fingerprint density at radius 2 is 1.56 bits per heavy atom. The highest BCUT2D eigenvalue weighted by Gasteiger charge is 2.21. The molecular formula is C31H35N3O4S. The molecule has 3 aromatic rings. The van der Waals surface area contributed by atoms with Gasteiger partial charge in [0.1, 0.15) is 5.75 Å². The first-order valence-corrected chi connectivity index (χ1v) is 14.9. The summed E-state index contributed by atoms with van der Waals surface area (Å²) in [6.07, 6.45) is 9.23. The van der Waals surface area contributed by atoms with Gasteiger partial charge in [-0.05, 0) is 47.2 Å². The number of methoxy groups -OCH3 is 1. The van der Waals surface area contributed by atoms with Crippen LogP contribution in [0.15, 0.2) is 77.7 Å².